The van der Waals surface area contributed by atoms with Crippen LogP contribution in [0.2, 0.25) is 0 Å². The molecule has 0 saturated heterocycles. The lowest BCUT2D eigenvalue weighted by Gasteiger charge is -2.03. The van der Waals surface area contributed by atoms with Crippen molar-refractivity contribution in [3.63, 3.8) is 0 Å². The fourth-order valence-electron chi connectivity index (χ4n) is 1.14. The van der Waals surface area contributed by atoms with Gasteiger partial charge in [0.15, 0.2) is 6.79 Å². The first-order valence-electron chi connectivity index (χ1n) is 4.93. The summed E-state index contributed by atoms with van der Waals surface area (Å²) in [5.74, 6) is 0.441. The van der Waals surface area contributed by atoms with Gasteiger partial charge in [-0.2, -0.15) is 0 Å². The molecule has 0 spiro atoms. The van der Waals surface area contributed by atoms with Crippen molar-refractivity contribution in [3.05, 3.63) is 0 Å². The number of aliphatic hydroxyl groups is 1. The van der Waals surface area contributed by atoms with Gasteiger partial charge in [0.05, 0.1) is 0 Å². The van der Waals surface area contributed by atoms with E-state index in [0.717, 1.165) is 18.8 Å². The molecule has 0 bridgehead atoms. The predicted molar refractivity (Wildman–Crippen MR) is 51.1 cm³/mol. The molecule has 0 aromatic heterocycles. The number of unbranched alkanes of at least 4 members (excludes halogenated alkanes) is 2. The molecular weight excluding hydrogens is 168 g/mol. The van der Waals surface area contributed by atoms with Gasteiger partial charge in [0.1, 0.15) is 0 Å². The topological polar surface area (TPSA) is 46.5 Å². The van der Waals surface area contributed by atoms with E-state index in [-0.39, 0.29) is 5.97 Å². The first-order chi connectivity index (χ1) is 6.16. The quantitative estimate of drug-likeness (QED) is 0.378. The molecule has 0 rings (SSSR count). The van der Waals surface area contributed by atoms with Crippen LogP contribution in [0.5, 0.6) is 0 Å². The summed E-state index contributed by atoms with van der Waals surface area (Å²) in [6.07, 6.45) is 4.75. The second-order valence-electron chi connectivity index (χ2n) is 3.64. The van der Waals surface area contributed by atoms with Gasteiger partial charge in [0.2, 0.25) is 0 Å². The van der Waals surface area contributed by atoms with Crippen LogP contribution in [0.15, 0.2) is 0 Å². The van der Waals surface area contributed by atoms with Gasteiger partial charge in [-0.15, -0.1) is 0 Å². The van der Waals surface area contributed by atoms with Gasteiger partial charge in [0.25, 0.3) is 0 Å². The van der Waals surface area contributed by atoms with Crippen molar-refractivity contribution < 1.29 is 14.6 Å². The highest BCUT2D eigenvalue weighted by Crippen LogP contribution is 2.09. The van der Waals surface area contributed by atoms with E-state index in [1.807, 2.05) is 0 Å². The molecule has 0 aliphatic heterocycles. The van der Waals surface area contributed by atoms with E-state index in [9.17, 15) is 4.79 Å². The third-order valence-corrected chi connectivity index (χ3v) is 1.89. The minimum Gasteiger partial charge on any atom is -0.439 e. The highest BCUT2D eigenvalue weighted by molar-refractivity contribution is 5.69. The zero-order chi connectivity index (χ0) is 10.1. The van der Waals surface area contributed by atoms with Crippen molar-refractivity contribution in [2.75, 3.05) is 6.79 Å². The average molecular weight is 188 g/mol. The largest absolute Gasteiger partial charge is 0.439 e. The van der Waals surface area contributed by atoms with Crippen molar-refractivity contribution in [1.29, 1.82) is 0 Å². The van der Waals surface area contributed by atoms with Crippen LogP contribution in [0.25, 0.3) is 0 Å². The Morgan fingerprint density at radius 3 is 2.54 bits per heavy atom. The Hall–Kier alpha value is -0.570. The highest BCUT2D eigenvalue weighted by atomic mass is 16.6. The molecule has 0 atom stereocenters. The minimum absolute atomic E-state index is 0.299. The van der Waals surface area contributed by atoms with Crippen LogP contribution in [0.4, 0.5) is 0 Å². The molecule has 0 fully saturated rings. The highest BCUT2D eigenvalue weighted by Gasteiger charge is 2.01. The first kappa shape index (κ1) is 12.4. The lowest BCUT2D eigenvalue weighted by molar-refractivity contribution is -0.151. The first-order valence-corrected chi connectivity index (χ1v) is 4.93. The summed E-state index contributed by atoms with van der Waals surface area (Å²) in [7, 11) is 0. The third-order valence-electron chi connectivity index (χ3n) is 1.89. The summed E-state index contributed by atoms with van der Waals surface area (Å²) in [6.45, 7) is 3.89. The SMILES string of the molecule is CC(C)CCCCCC(=O)OCO. The number of rotatable bonds is 7. The Balaban J connectivity index is 3.11. The molecule has 0 aromatic rings. The molecule has 3 heteroatoms. The van der Waals surface area contributed by atoms with Gasteiger partial charge in [0, 0.05) is 6.42 Å². The summed E-state index contributed by atoms with van der Waals surface area (Å²) >= 11 is 0. The number of hydrogen-bond donors (Lipinski definition) is 1. The van der Waals surface area contributed by atoms with Gasteiger partial charge in [-0.05, 0) is 12.3 Å². The average Bonchev–Trinajstić information content (AvgIpc) is 2.03. The smallest absolute Gasteiger partial charge is 0.307 e. The van der Waals surface area contributed by atoms with Crippen LogP contribution in [0, 0.1) is 5.92 Å². The van der Waals surface area contributed by atoms with Crippen molar-refractivity contribution in [1.82, 2.24) is 0 Å². The summed E-state index contributed by atoms with van der Waals surface area (Å²) in [5, 5.41) is 8.27. The van der Waals surface area contributed by atoms with Gasteiger partial charge in [-0.3, -0.25) is 4.79 Å². The molecule has 0 radical (unpaired) electrons. The van der Waals surface area contributed by atoms with Crippen molar-refractivity contribution >= 4 is 5.97 Å². The zero-order valence-electron chi connectivity index (χ0n) is 8.58. The predicted octanol–water partition coefficient (Wildman–Crippen LogP) is 2.09. The Morgan fingerprint density at radius 2 is 2.00 bits per heavy atom. The minimum atomic E-state index is -0.495. The van der Waals surface area contributed by atoms with E-state index in [1.165, 1.54) is 12.8 Å². The van der Waals surface area contributed by atoms with E-state index in [2.05, 4.69) is 18.6 Å². The molecule has 0 aromatic carbocycles. The molecule has 0 aliphatic rings. The van der Waals surface area contributed by atoms with Crippen molar-refractivity contribution in [3.8, 4) is 0 Å². The molecular formula is C10H20O3. The van der Waals surface area contributed by atoms with Crippen LogP contribution < -0.4 is 0 Å². The number of aliphatic hydroxyl groups excluding tert-OH is 1. The molecule has 0 amide bonds. The van der Waals surface area contributed by atoms with E-state index >= 15 is 0 Å². The number of ether oxygens (including phenoxy) is 1. The summed E-state index contributed by atoms with van der Waals surface area (Å²) in [5.41, 5.74) is 0. The molecule has 0 aliphatic carbocycles. The molecule has 13 heavy (non-hydrogen) atoms. The Kier molecular flexibility index (Phi) is 7.69. The fraction of sp³-hybridized carbons (Fsp3) is 0.900. The molecule has 0 saturated carbocycles. The summed E-state index contributed by atoms with van der Waals surface area (Å²) in [6, 6.07) is 0. The van der Waals surface area contributed by atoms with Crippen LogP contribution in [-0.2, 0) is 9.53 Å². The number of carbonyl (C=O) groups is 1. The zero-order valence-corrected chi connectivity index (χ0v) is 8.58. The standard InChI is InChI=1S/C10H20O3/c1-9(2)6-4-3-5-7-10(12)13-8-11/h9,11H,3-8H2,1-2H3. The van der Waals surface area contributed by atoms with E-state index in [4.69, 9.17) is 5.11 Å². The Morgan fingerprint density at radius 1 is 1.31 bits per heavy atom. The van der Waals surface area contributed by atoms with E-state index < -0.39 is 6.79 Å². The Labute approximate surface area is 80.1 Å². The second kappa shape index (κ2) is 8.05. The molecule has 0 unspecified atom stereocenters. The van der Waals surface area contributed by atoms with E-state index in [1.54, 1.807) is 0 Å². The van der Waals surface area contributed by atoms with E-state index in [0.29, 0.717) is 6.42 Å². The maximum atomic E-state index is 10.8. The van der Waals surface area contributed by atoms with Crippen LogP contribution in [-0.4, -0.2) is 17.9 Å². The van der Waals surface area contributed by atoms with Gasteiger partial charge in [-0.1, -0.05) is 33.1 Å². The number of hydrogen-bond acceptors (Lipinski definition) is 3. The van der Waals surface area contributed by atoms with Crippen LogP contribution in [0.1, 0.15) is 46.0 Å². The van der Waals surface area contributed by atoms with Crippen LogP contribution in [0.3, 0.4) is 0 Å². The molecule has 1 N–H and O–H groups in total. The van der Waals surface area contributed by atoms with Gasteiger partial charge in [-0.25, -0.2) is 0 Å². The molecule has 78 valence electrons. The second-order valence-corrected chi connectivity index (χ2v) is 3.64. The number of esters is 1. The Bertz CT molecular complexity index is 132. The third kappa shape index (κ3) is 9.34. The van der Waals surface area contributed by atoms with Crippen LogP contribution >= 0.6 is 0 Å². The maximum Gasteiger partial charge on any atom is 0.307 e. The lowest BCUT2D eigenvalue weighted by Crippen LogP contribution is -2.04. The van der Waals surface area contributed by atoms with Gasteiger partial charge >= 0.3 is 5.97 Å². The van der Waals surface area contributed by atoms with Crippen molar-refractivity contribution in [2.24, 2.45) is 5.92 Å². The molecule has 0 heterocycles. The normalized spacial score (nSPS) is 10.5. The molecule has 3 nitrogen and oxygen atoms in total. The maximum absolute atomic E-state index is 10.8. The summed E-state index contributed by atoms with van der Waals surface area (Å²) < 4.78 is 4.39. The lowest BCUT2D eigenvalue weighted by atomic mass is 10.0. The van der Waals surface area contributed by atoms with Crippen molar-refractivity contribution in [2.45, 2.75) is 46.0 Å². The number of carbonyl (C=O) groups excluding carboxylic acids is 1. The summed E-state index contributed by atoms with van der Waals surface area (Å²) in [4.78, 5) is 10.8. The monoisotopic (exact) mass is 188 g/mol. The fourth-order valence-corrected chi connectivity index (χ4v) is 1.14. The van der Waals surface area contributed by atoms with Gasteiger partial charge < -0.3 is 9.84 Å².